The van der Waals surface area contributed by atoms with Crippen molar-refractivity contribution in [2.45, 2.75) is 24.9 Å². The van der Waals surface area contributed by atoms with Crippen LogP contribution in [0, 0.1) is 0 Å². The SMILES string of the molecule is CN1CCC2(C)c3cc(C(=O)C(=O)O)ccc3N(C)C12. The Labute approximate surface area is 117 Å². The van der Waals surface area contributed by atoms with Crippen LogP contribution < -0.4 is 4.90 Å². The third-order valence-electron chi connectivity index (χ3n) is 4.79. The highest BCUT2D eigenvalue weighted by Gasteiger charge is 2.52. The Morgan fingerprint density at radius 1 is 1.35 bits per heavy atom. The number of carbonyl (C=O) groups is 2. The van der Waals surface area contributed by atoms with Crippen LogP contribution in [0.1, 0.15) is 29.3 Å². The summed E-state index contributed by atoms with van der Waals surface area (Å²) < 4.78 is 0. The lowest BCUT2D eigenvalue weighted by Gasteiger charge is -2.32. The number of anilines is 1. The lowest BCUT2D eigenvalue weighted by atomic mass is 9.80. The smallest absolute Gasteiger partial charge is 0.377 e. The van der Waals surface area contributed by atoms with Crippen LogP contribution in [0.15, 0.2) is 18.2 Å². The number of hydrogen-bond acceptors (Lipinski definition) is 4. The van der Waals surface area contributed by atoms with Gasteiger partial charge >= 0.3 is 5.97 Å². The van der Waals surface area contributed by atoms with Crippen LogP contribution in [-0.2, 0) is 10.2 Å². The van der Waals surface area contributed by atoms with E-state index < -0.39 is 11.8 Å². The second-order valence-electron chi connectivity index (χ2n) is 6.00. The molecular weight excluding hydrogens is 256 g/mol. The lowest BCUT2D eigenvalue weighted by molar-refractivity contribution is -0.131. The summed E-state index contributed by atoms with van der Waals surface area (Å²) in [5, 5.41) is 8.86. The molecule has 1 aromatic rings. The summed E-state index contributed by atoms with van der Waals surface area (Å²) in [5.74, 6) is -2.24. The number of nitrogens with zero attached hydrogens (tertiary/aromatic N) is 2. The zero-order chi connectivity index (χ0) is 14.7. The molecule has 0 spiro atoms. The molecule has 0 aromatic heterocycles. The minimum atomic E-state index is -1.40. The number of carboxylic acid groups (broad SMARTS) is 1. The Bertz CT molecular complexity index is 613. The predicted molar refractivity (Wildman–Crippen MR) is 75.2 cm³/mol. The van der Waals surface area contributed by atoms with Crippen LogP contribution in [0.3, 0.4) is 0 Å². The fourth-order valence-electron chi connectivity index (χ4n) is 3.84. The first-order valence-corrected chi connectivity index (χ1v) is 6.71. The molecule has 0 amide bonds. The largest absolute Gasteiger partial charge is 0.475 e. The van der Waals surface area contributed by atoms with E-state index in [1.807, 2.05) is 6.07 Å². The van der Waals surface area contributed by atoms with Crippen molar-refractivity contribution < 1.29 is 14.7 Å². The molecule has 2 unspecified atom stereocenters. The van der Waals surface area contributed by atoms with Crippen LogP contribution in [0.4, 0.5) is 5.69 Å². The zero-order valence-electron chi connectivity index (χ0n) is 11.9. The second-order valence-corrected chi connectivity index (χ2v) is 6.00. The molecule has 1 N–H and O–H groups in total. The van der Waals surface area contributed by atoms with Gasteiger partial charge < -0.3 is 10.0 Å². The van der Waals surface area contributed by atoms with Gasteiger partial charge in [0.15, 0.2) is 0 Å². The molecule has 5 nitrogen and oxygen atoms in total. The van der Waals surface area contributed by atoms with Crippen molar-refractivity contribution in [3.8, 4) is 0 Å². The highest BCUT2D eigenvalue weighted by Crippen LogP contribution is 2.50. The van der Waals surface area contributed by atoms with E-state index in [0.29, 0.717) is 0 Å². The quantitative estimate of drug-likeness (QED) is 0.651. The van der Waals surface area contributed by atoms with E-state index >= 15 is 0 Å². The van der Waals surface area contributed by atoms with Crippen molar-refractivity contribution >= 4 is 17.4 Å². The van der Waals surface area contributed by atoms with Crippen molar-refractivity contribution in [3.63, 3.8) is 0 Å². The molecule has 2 aliphatic rings. The summed E-state index contributed by atoms with van der Waals surface area (Å²) >= 11 is 0. The zero-order valence-corrected chi connectivity index (χ0v) is 11.9. The maximum absolute atomic E-state index is 11.7. The lowest BCUT2D eigenvalue weighted by Crippen LogP contribution is -2.45. The summed E-state index contributed by atoms with van der Waals surface area (Å²) in [6.07, 6.45) is 1.28. The number of rotatable bonds is 2. The monoisotopic (exact) mass is 274 g/mol. The van der Waals surface area contributed by atoms with E-state index in [9.17, 15) is 9.59 Å². The molecule has 0 radical (unpaired) electrons. The number of fused-ring (bicyclic) bond motifs is 3. The van der Waals surface area contributed by atoms with E-state index in [-0.39, 0.29) is 17.1 Å². The van der Waals surface area contributed by atoms with Gasteiger partial charge in [-0.2, -0.15) is 0 Å². The molecular formula is C15H18N2O3. The van der Waals surface area contributed by atoms with E-state index in [1.54, 1.807) is 12.1 Å². The number of hydrogen-bond donors (Lipinski definition) is 1. The Morgan fingerprint density at radius 2 is 2.05 bits per heavy atom. The van der Waals surface area contributed by atoms with Crippen LogP contribution in [0.5, 0.6) is 0 Å². The first-order valence-electron chi connectivity index (χ1n) is 6.71. The van der Waals surface area contributed by atoms with Crippen molar-refractivity contribution in [3.05, 3.63) is 29.3 Å². The van der Waals surface area contributed by atoms with E-state index in [0.717, 1.165) is 24.2 Å². The van der Waals surface area contributed by atoms with Gasteiger partial charge in [0.05, 0.1) is 6.17 Å². The van der Waals surface area contributed by atoms with Gasteiger partial charge in [0.2, 0.25) is 0 Å². The van der Waals surface area contributed by atoms with Crippen molar-refractivity contribution in [2.24, 2.45) is 0 Å². The Kier molecular flexibility index (Phi) is 2.66. The van der Waals surface area contributed by atoms with Crippen LogP contribution in [0.25, 0.3) is 0 Å². The van der Waals surface area contributed by atoms with E-state index in [1.165, 1.54) is 0 Å². The van der Waals surface area contributed by atoms with Crippen LogP contribution >= 0.6 is 0 Å². The molecule has 2 heterocycles. The molecule has 0 aliphatic carbocycles. The van der Waals surface area contributed by atoms with E-state index in [4.69, 9.17) is 5.11 Å². The molecule has 1 aromatic carbocycles. The Morgan fingerprint density at radius 3 is 2.70 bits per heavy atom. The maximum Gasteiger partial charge on any atom is 0.377 e. The number of likely N-dealkylation sites (tertiary alicyclic amines) is 1. The summed E-state index contributed by atoms with van der Waals surface area (Å²) in [5.41, 5.74) is 2.39. The average molecular weight is 274 g/mol. The standard InChI is InChI=1S/C15H18N2O3/c1-15-6-7-16(2)14(15)17(3)11-5-4-9(8-10(11)15)12(18)13(19)20/h4-5,8,14H,6-7H2,1-3H3,(H,19,20). The predicted octanol–water partition coefficient (Wildman–Crippen LogP) is 1.32. The summed E-state index contributed by atoms with van der Waals surface area (Å²) in [4.78, 5) is 27.0. The molecule has 3 rings (SSSR count). The Hall–Kier alpha value is -1.88. The third kappa shape index (κ3) is 1.53. The van der Waals surface area contributed by atoms with Gasteiger partial charge in [-0.3, -0.25) is 9.69 Å². The van der Waals surface area contributed by atoms with Crippen molar-refractivity contribution in [2.75, 3.05) is 25.5 Å². The number of Topliss-reactive ketones (excluding diaryl/α,β-unsaturated/α-hetero) is 1. The van der Waals surface area contributed by atoms with E-state index in [2.05, 4.69) is 30.8 Å². The highest BCUT2D eigenvalue weighted by molar-refractivity contribution is 6.39. The van der Waals surface area contributed by atoms with Gasteiger partial charge in [0, 0.05) is 30.3 Å². The van der Waals surface area contributed by atoms with Gasteiger partial charge in [-0.1, -0.05) is 6.92 Å². The topological polar surface area (TPSA) is 60.9 Å². The summed E-state index contributed by atoms with van der Waals surface area (Å²) in [6.45, 7) is 3.20. The molecule has 106 valence electrons. The average Bonchev–Trinajstić information content (AvgIpc) is 2.83. The molecule has 1 fully saturated rings. The first-order chi connectivity index (χ1) is 9.36. The fraction of sp³-hybridized carbons (Fsp3) is 0.467. The number of likely N-dealkylation sites (N-methyl/N-ethyl adjacent to an activating group) is 2. The summed E-state index contributed by atoms with van der Waals surface area (Å²) in [7, 11) is 4.15. The first kappa shape index (κ1) is 13.1. The number of benzene rings is 1. The molecule has 1 saturated heterocycles. The van der Waals surface area contributed by atoms with Gasteiger partial charge in [-0.15, -0.1) is 0 Å². The van der Waals surface area contributed by atoms with Crippen LogP contribution in [-0.4, -0.2) is 48.6 Å². The van der Waals surface area contributed by atoms with Gasteiger partial charge in [-0.25, -0.2) is 4.79 Å². The molecule has 0 saturated carbocycles. The minimum absolute atomic E-state index is 0.0480. The fourth-order valence-corrected chi connectivity index (χ4v) is 3.84. The third-order valence-corrected chi connectivity index (χ3v) is 4.79. The second kappa shape index (κ2) is 4.06. The molecule has 0 bridgehead atoms. The van der Waals surface area contributed by atoms with Gasteiger partial charge in [0.1, 0.15) is 0 Å². The van der Waals surface area contributed by atoms with Crippen molar-refractivity contribution in [1.29, 1.82) is 0 Å². The highest BCUT2D eigenvalue weighted by atomic mass is 16.4. The van der Waals surface area contributed by atoms with Crippen LogP contribution in [0.2, 0.25) is 0 Å². The van der Waals surface area contributed by atoms with Crippen molar-refractivity contribution in [1.82, 2.24) is 4.90 Å². The Balaban J connectivity index is 2.12. The number of aliphatic carboxylic acids is 1. The normalized spacial score (nSPS) is 28.4. The maximum atomic E-state index is 11.7. The molecule has 2 atom stereocenters. The molecule has 5 heteroatoms. The number of carbonyl (C=O) groups excluding carboxylic acids is 1. The summed E-state index contributed by atoms with van der Waals surface area (Å²) in [6, 6.07) is 5.24. The van der Waals surface area contributed by atoms with Gasteiger partial charge in [-0.05, 0) is 37.2 Å². The molecule has 2 aliphatic heterocycles. The number of ketones is 1. The van der Waals surface area contributed by atoms with Gasteiger partial charge in [0.25, 0.3) is 5.78 Å². The number of carboxylic acids is 1. The minimum Gasteiger partial charge on any atom is -0.475 e. The molecule has 20 heavy (non-hydrogen) atoms.